The number of nitrogens with one attached hydrogen (secondary N) is 1. The van der Waals surface area contributed by atoms with Gasteiger partial charge in [0.2, 0.25) is 5.91 Å². The number of amides is 1. The van der Waals surface area contributed by atoms with Crippen LogP contribution >= 0.6 is 12.2 Å². The van der Waals surface area contributed by atoms with Crippen LogP contribution in [0.1, 0.15) is 32.6 Å². The molecule has 0 spiro atoms. The van der Waals surface area contributed by atoms with Crippen molar-refractivity contribution in [1.82, 2.24) is 5.32 Å². The fourth-order valence-corrected chi connectivity index (χ4v) is 1.86. The van der Waals surface area contributed by atoms with E-state index in [9.17, 15) is 4.79 Å². The third-order valence-corrected chi connectivity index (χ3v) is 3.83. The van der Waals surface area contributed by atoms with Gasteiger partial charge in [-0.15, -0.1) is 0 Å². The minimum Gasteiger partial charge on any atom is -0.392 e. The molecule has 0 radical (unpaired) electrons. The topological polar surface area (TPSA) is 55.1 Å². The first-order chi connectivity index (χ1) is 6.49. The van der Waals surface area contributed by atoms with Crippen molar-refractivity contribution in [2.75, 3.05) is 6.54 Å². The summed E-state index contributed by atoms with van der Waals surface area (Å²) in [6.07, 6.45) is 4.08. The van der Waals surface area contributed by atoms with E-state index in [1.54, 1.807) is 0 Å². The lowest BCUT2D eigenvalue weighted by Crippen LogP contribution is -2.41. The monoisotopic (exact) mass is 212 g/mol. The van der Waals surface area contributed by atoms with Crippen LogP contribution in [0, 0.1) is 10.8 Å². The normalized spacial score (nSPS) is 25.2. The summed E-state index contributed by atoms with van der Waals surface area (Å²) in [5.41, 5.74) is 5.42. The van der Waals surface area contributed by atoms with Gasteiger partial charge in [-0.25, -0.2) is 0 Å². The Balaban J connectivity index is 1.86. The number of hydrogen-bond acceptors (Lipinski definition) is 2. The van der Waals surface area contributed by atoms with E-state index < -0.39 is 5.41 Å². The molecule has 2 fully saturated rings. The predicted octanol–water partition coefficient (Wildman–Crippen LogP) is 0.969. The van der Waals surface area contributed by atoms with E-state index in [-0.39, 0.29) is 5.91 Å². The zero-order valence-corrected chi connectivity index (χ0v) is 9.25. The van der Waals surface area contributed by atoms with Crippen LogP contribution in [0.3, 0.4) is 0 Å². The molecule has 0 aromatic rings. The van der Waals surface area contributed by atoms with Gasteiger partial charge < -0.3 is 11.1 Å². The Morgan fingerprint density at radius 3 is 2.36 bits per heavy atom. The first-order valence-electron chi connectivity index (χ1n) is 5.07. The number of carbonyl (C=O) groups is 1. The molecule has 2 saturated carbocycles. The zero-order valence-electron chi connectivity index (χ0n) is 8.43. The molecule has 0 atom stereocenters. The molecule has 78 valence electrons. The Morgan fingerprint density at radius 2 is 2.00 bits per heavy atom. The lowest BCUT2D eigenvalue weighted by Gasteiger charge is -2.15. The van der Waals surface area contributed by atoms with Crippen molar-refractivity contribution in [2.24, 2.45) is 16.6 Å². The lowest BCUT2D eigenvalue weighted by atomic mass is 10.1. The minimum absolute atomic E-state index is 0.0399. The van der Waals surface area contributed by atoms with Crippen LogP contribution in [0.15, 0.2) is 0 Å². The second-order valence-corrected chi connectivity index (χ2v) is 5.38. The van der Waals surface area contributed by atoms with E-state index >= 15 is 0 Å². The number of rotatable bonds is 4. The SMILES string of the molecule is CC1(CNC(=O)C2(C(N)=S)CC2)CC1. The van der Waals surface area contributed by atoms with Crippen LogP contribution in [-0.2, 0) is 4.79 Å². The second kappa shape index (κ2) is 2.92. The van der Waals surface area contributed by atoms with Crippen molar-refractivity contribution in [1.29, 1.82) is 0 Å². The molecule has 0 heterocycles. The third-order valence-electron chi connectivity index (χ3n) is 3.44. The number of thiocarbonyl (C=S) groups is 1. The Kier molecular flexibility index (Phi) is 2.07. The summed E-state index contributed by atoms with van der Waals surface area (Å²) < 4.78 is 0. The number of carbonyl (C=O) groups excluding carboxylic acids is 1. The Morgan fingerprint density at radius 1 is 1.43 bits per heavy atom. The van der Waals surface area contributed by atoms with Gasteiger partial charge in [0, 0.05) is 6.54 Å². The molecule has 2 aliphatic rings. The van der Waals surface area contributed by atoms with Gasteiger partial charge in [-0.05, 0) is 31.1 Å². The Labute approximate surface area is 89.4 Å². The van der Waals surface area contributed by atoms with Crippen molar-refractivity contribution in [3.8, 4) is 0 Å². The molecule has 4 heteroatoms. The molecule has 1 amide bonds. The molecule has 0 unspecified atom stereocenters. The number of hydrogen-bond donors (Lipinski definition) is 2. The molecule has 2 rings (SSSR count). The van der Waals surface area contributed by atoms with E-state index in [1.807, 2.05) is 0 Å². The molecule has 0 aromatic carbocycles. The van der Waals surface area contributed by atoms with Crippen LogP contribution in [0.2, 0.25) is 0 Å². The van der Waals surface area contributed by atoms with Gasteiger partial charge in [0.25, 0.3) is 0 Å². The van der Waals surface area contributed by atoms with Crippen LogP contribution in [0.4, 0.5) is 0 Å². The molecular weight excluding hydrogens is 196 g/mol. The van der Waals surface area contributed by atoms with Crippen LogP contribution < -0.4 is 11.1 Å². The standard InChI is InChI=1S/C10H16N2OS/c1-9(2-3-9)6-12-8(13)10(4-5-10)7(11)14/h2-6H2,1H3,(H2,11,14)(H,12,13). The number of nitrogens with two attached hydrogens (primary N) is 1. The van der Waals surface area contributed by atoms with Gasteiger partial charge in [0.05, 0.1) is 10.4 Å². The van der Waals surface area contributed by atoms with Crippen molar-refractivity contribution < 1.29 is 4.79 Å². The average molecular weight is 212 g/mol. The van der Waals surface area contributed by atoms with Crippen molar-refractivity contribution >= 4 is 23.1 Å². The van der Waals surface area contributed by atoms with Crippen molar-refractivity contribution in [3.63, 3.8) is 0 Å². The first-order valence-corrected chi connectivity index (χ1v) is 5.48. The van der Waals surface area contributed by atoms with Gasteiger partial charge in [0.1, 0.15) is 0 Å². The fourth-order valence-electron chi connectivity index (χ4n) is 1.56. The molecule has 0 bridgehead atoms. The molecule has 3 nitrogen and oxygen atoms in total. The molecule has 0 aromatic heterocycles. The molecule has 3 N–H and O–H groups in total. The Hall–Kier alpha value is -0.640. The lowest BCUT2D eigenvalue weighted by molar-refractivity contribution is -0.124. The maximum Gasteiger partial charge on any atom is 0.233 e. The molecule has 0 saturated heterocycles. The minimum atomic E-state index is -0.486. The average Bonchev–Trinajstić information content (AvgIpc) is 2.96. The highest BCUT2D eigenvalue weighted by Gasteiger charge is 2.53. The highest BCUT2D eigenvalue weighted by atomic mass is 32.1. The highest BCUT2D eigenvalue weighted by Crippen LogP contribution is 2.47. The second-order valence-electron chi connectivity index (χ2n) is 4.94. The van der Waals surface area contributed by atoms with Gasteiger partial charge in [0.15, 0.2) is 0 Å². The zero-order chi connectivity index (χ0) is 10.4. The first kappa shape index (κ1) is 9.90. The van der Waals surface area contributed by atoms with Gasteiger partial charge >= 0.3 is 0 Å². The molecular formula is C10H16N2OS. The van der Waals surface area contributed by atoms with Crippen LogP contribution in [0.25, 0.3) is 0 Å². The summed E-state index contributed by atoms with van der Waals surface area (Å²) in [5.74, 6) is 0.0399. The van der Waals surface area contributed by atoms with E-state index in [0.29, 0.717) is 10.4 Å². The third kappa shape index (κ3) is 1.63. The quantitative estimate of drug-likeness (QED) is 0.683. The van der Waals surface area contributed by atoms with E-state index in [2.05, 4.69) is 12.2 Å². The summed E-state index contributed by atoms with van der Waals surface area (Å²) in [4.78, 5) is 12.1. The fraction of sp³-hybridized carbons (Fsp3) is 0.800. The summed E-state index contributed by atoms with van der Waals surface area (Å²) in [5, 5.41) is 2.96. The predicted molar refractivity (Wildman–Crippen MR) is 58.8 cm³/mol. The molecule has 0 aliphatic heterocycles. The largest absolute Gasteiger partial charge is 0.392 e. The van der Waals surface area contributed by atoms with Crippen LogP contribution in [0.5, 0.6) is 0 Å². The Bertz CT molecular complexity index is 292. The molecule has 2 aliphatic carbocycles. The summed E-state index contributed by atoms with van der Waals surface area (Å²) >= 11 is 4.91. The van der Waals surface area contributed by atoms with Gasteiger partial charge in [-0.2, -0.15) is 0 Å². The highest BCUT2D eigenvalue weighted by molar-refractivity contribution is 7.80. The van der Waals surface area contributed by atoms with E-state index in [4.69, 9.17) is 18.0 Å². The summed E-state index contributed by atoms with van der Waals surface area (Å²) in [6.45, 7) is 2.96. The van der Waals surface area contributed by atoms with E-state index in [1.165, 1.54) is 12.8 Å². The smallest absolute Gasteiger partial charge is 0.233 e. The summed E-state index contributed by atoms with van der Waals surface area (Å²) in [6, 6.07) is 0. The maximum absolute atomic E-state index is 11.8. The maximum atomic E-state index is 11.8. The van der Waals surface area contributed by atoms with E-state index in [0.717, 1.165) is 19.4 Å². The molecule has 14 heavy (non-hydrogen) atoms. The van der Waals surface area contributed by atoms with Crippen LogP contribution in [-0.4, -0.2) is 17.4 Å². The van der Waals surface area contributed by atoms with Crippen molar-refractivity contribution in [2.45, 2.75) is 32.6 Å². The summed E-state index contributed by atoms with van der Waals surface area (Å²) in [7, 11) is 0. The van der Waals surface area contributed by atoms with Gasteiger partial charge in [-0.3, -0.25) is 4.79 Å². The van der Waals surface area contributed by atoms with Crippen molar-refractivity contribution in [3.05, 3.63) is 0 Å². The van der Waals surface area contributed by atoms with Gasteiger partial charge in [-0.1, -0.05) is 19.1 Å².